The summed E-state index contributed by atoms with van der Waals surface area (Å²) >= 11 is 1.33. The van der Waals surface area contributed by atoms with E-state index in [0.29, 0.717) is 4.88 Å². The SMILES string of the molecule is CN1C(=N)N[C@](C)(c2ccc(C#N)s2)C(c2ccc(C3(O)CCC3)cc2)C1=O. The molecule has 1 aromatic heterocycles. The van der Waals surface area contributed by atoms with Crippen molar-refractivity contribution in [1.82, 2.24) is 10.2 Å². The van der Waals surface area contributed by atoms with Crippen LogP contribution < -0.4 is 5.32 Å². The third-order valence-corrected chi connectivity index (χ3v) is 7.29. The molecule has 1 amide bonds. The molecule has 1 unspecified atom stereocenters. The zero-order chi connectivity index (χ0) is 20.1. The number of nitrogens with one attached hydrogen (secondary N) is 2. The molecule has 1 saturated heterocycles. The Kier molecular flexibility index (Phi) is 4.29. The summed E-state index contributed by atoms with van der Waals surface area (Å²) in [6.07, 6.45) is 2.55. The summed E-state index contributed by atoms with van der Waals surface area (Å²) in [6.45, 7) is 1.90. The number of benzene rings is 1. The molecule has 0 spiro atoms. The van der Waals surface area contributed by atoms with Crippen LogP contribution in [0, 0.1) is 16.7 Å². The van der Waals surface area contributed by atoms with E-state index >= 15 is 0 Å². The molecule has 0 bridgehead atoms. The molecule has 2 heterocycles. The number of nitriles is 1. The van der Waals surface area contributed by atoms with Gasteiger partial charge in [0.15, 0.2) is 5.96 Å². The van der Waals surface area contributed by atoms with Gasteiger partial charge >= 0.3 is 0 Å². The Bertz CT molecular complexity index is 987. The second-order valence-corrected chi connectivity index (χ2v) is 8.87. The summed E-state index contributed by atoms with van der Waals surface area (Å²) in [5.41, 5.74) is 0.114. The molecule has 1 saturated carbocycles. The molecular weight excluding hydrogens is 372 g/mol. The monoisotopic (exact) mass is 394 g/mol. The van der Waals surface area contributed by atoms with Crippen molar-refractivity contribution in [1.29, 1.82) is 10.7 Å². The first-order chi connectivity index (χ1) is 13.3. The molecular formula is C21H22N4O2S. The Labute approximate surface area is 167 Å². The molecule has 2 aromatic rings. The van der Waals surface area contributed by atoms with Gasteiger partial charge in [-0.15, -0.1) is 11.3 Å². The molecule has 28 heavy (non-hydrogen) atoms. The highest BCUT2D eigenvalue weighted by Gasteiger charge is 2.49. The largest absolute Gasteiger partial charge is 0.385 e. The highest BCUT2D eigenvalue weighted by molar-refractivity contribution is 7.12. The molecule has 4 rings (SSSR count). The van der Waals surface area contributed by atoms with Gasteiger partial charge in [-0.25, -0.2) is 0 Å². The van der Waals surface area contributed by atoms with E-state index in [2.05, 4.69) is 11.4 Å². The van der Waals surface area contributed by atoms with Crippen LogP contribution in [0.4, 0.5) is 0 Å². The quantitative estimate of drug-likeness (QED) is 0.745. The van der Waals surface area contributed by atoms with Gasteiger partial charge in [0.25, 0.3) is 0 Å². The molecule has 0 radical (unpaired) electrons. The number of nitrogens with zero attached hydrogens (tertiary/aromatic N) is 2. The van der Waals surface area contributed by atoms with Gasteiger partial charge in [-0.1, -0.05) is 24.3 Å². The predicted molar refractivity (Wildman–Crippen MR) is 107 cm³/mol. The minimum atomic E-state index is -0.838. The van der Waals surface area contributed by atoms with E-state index in [9.17, 15) is 15.2 Å². The standard InChI is InChI=1S/C21H22N4O2S/c1-20(16-9-8-15(12-22)28-16)17(18(26)25(2)19(23)24-20)13-4-6-14(7-5-13)21(27)10-3-11-21/h4-9,17,27H,3,10-11H2,1-2H3,(H2,23,24)/t17?,20-/m1/s1. The molecule has 1 aliphatic carbocycles. The average Bonchev–Trinajstić information content (AvgIpc) is 3.15. The zero-order valence-electron chi connectivity index (χ0n) is 15.8. The number of rotatable bonds is 3. The van der Waals surface area contributed by atoms with Crippen molar-refractivity contribution in [2.24, 2.45) is 0 Å². The molecule has 1 aromatic carbocycles. The Hall–Kier alpha value is -2.69. The first kappa shape index (κ1) is 18.7. The minimum Gasteiger partial charge on any atom is -0.385 e. The molecule has 7 heteroatoms. The van der Waals surface area contributed by atoms with E-state index in [1.807, 2.05) is 37.3 Å². The maximum atomic E-state index is 13.2. The fraction of sp³-hybridized carbons (Fsp3) is 0.381. The average molecular weight is 395 g/mol. The molecule has 2 aliphatic rings. The molecule has 2 atom stereocenters. The molecule has 2 fully saturated rings. The van der Waals surface area contributed by atoms with Gasteiger partial charge in [-0.05, 0) is 49.4 Å². The van der Waals surface area contributed by atoms with Crippen molar-refractivity contribution in [3.63, 3.8) is 0 Å². The lowest BCUT2D eigenvalue weighted by molar-refractivity contribution is -0.131. The van der Waals surface area contributed by atoms with Crippen LogP contribution in [0.5, 0.6) is 0 Å². The normalized spacial score (nSPS) is 26.4. The van der Waals surface area contributed by atoms with Crippen LogP contribution in [0.2, 0.25) is 0 Å². The number of amides is 1. The van der Waals surface area contributed by atoms with Gasteiger partial charge in [0.05, 0.1) is 17.1 Å². The van der Waals surface area contributed by atoms with Crippen LogP contribution in [0.3, 0.4) is 0 Å². The van der Waals surface area contributed by atoms with Crippen molar-refractivity contribution in [2.45, 2.75) is 43.2 Å². The Balaban J connectivity index is 1.77. The molecule has 6 nitrogen and oxygen atoms in total. The third-order valence-electron chi connectivity index (χ3n) is 6.06. The fourth-order valence-corrected chi connectivity index (χ4v) is 5.03. The molecule has 144 valence electrons. The van der Waals surface area contributed by atoms with Crippen molar-refractivity contribution >= 4 is 23.2 Å². The Morgan fingerprint density at radius 3 is 2.50 bits per heavy atom. The van der Waals surface area contributed by atoms with E-state index in [0.717, 1.165) is 35.3 Å². The first-order valence-electron chi connectivity index (χ1n) is 9.26. The number of aliphatic hydroxyl groups is 1. The second-order valence-electron chi connectivity index (χ2n) is 7.79. The zero-order valence-corrected chi connectivity index (χ0v) is 16.6. The van der Waals surface area contributed by atoms with Gasteiger partial charge in [0, 0.05) is 11.9 Å². The summed E-state index contributed by atoms with van der Waals surface area (Å²) in [5.74, 6) is -0.689. The summed E-state index contributed by atoms with van der Waals surface area (Å²) < 4.78 is 0. The number of hydrogen-bond donors (Lipinski definition) is 3. The number of carbonyl (C=O) groups is 1. The van der Waals surface area contributed by atoms with Crippen molar-refractivity contribution < 1.29 is 9.90 Å². The minimum absolute atomic E-state index is 0.0380. The van der Waals surface area contributed by atoms with Crippen LogP contribution in [0.15, 0.2) is 36.4 Å². The number of carbonyl (C=O) groups excluding carboxylic acids is 1. The van der Waals surface area contributed by atoms with Crippen LogP contribution in [0.25, 0.3) is 0 Å². The topological polar surface area (TPSA) is 100 Å². The van der Waals surface area contributed by atoms with Crippen LogP contribution in [0.1, 0.15) is 53.0 Å². The smallest absolute Gasteiger partial charge is 0.239 e. The maximum absolute atomic E-state index is 13.2. The summed E-state index contributed by atoms with van der Waals surface area (Å²) in [5, 5.41) is 31.1. The highest BCUT2D eigenvalue weighted by atomic mass is 32.1. The van der Waals surface area contributed by atoms with E-state index in [1.54, 1.807) is 13.1 Å². The van der Waals surface area contributed by atoms with E-state index in [-0.39, 0.29) is 11.9 Å². The lowest BCUT2D eigenvalue weighted by Crippen LogP contribution is -2.62. The number of thiophene rings is 1. The van der Waals surface area contributed by atoms with Crippen LogP contribution in [-0.2, 0) is 15.9 Å². The number of hydrogen-bond acceptors (Lipinski definition) is 5. The summed E-state index contributed by atoms with van der Waals surface area (Å²) in [4.78, 5) is 15.9. The van der Waals surface area contributed by atoms with Gasteiger partial charge in [-0.3, -0.25) is 15.1 Å². The van der Waals surface area contributed by atoms with Crippen molar-refractivity contribution in [3.05, 3.63) is 57.3 Å². The first-order valence-corrected chi connectivity index (χ1v) is 10.1. The Morgan fingerprint density at radius 2 is 1.96 bits per heavy atom. The van der Waals surface area contributed by atoms with Crippen LogP contribution in [-0.4, -0.2) is 28.9 Å². The second kappa shape index (κ2) is 6.43. The summed E-state index contributed by atoms with van der Waals surface area (Å²) in [6, 6.07) is 13.3. The number of guanidine groups is 1. The van der Waals surface area contributed by atoms with E-state index in [4.69, 9.17) is 5.41 Å². The van der Waals surface area contributed by atoms with Gasteiger partial charge in [0.1, 0.15) is 10.9 Å². The van der Waals surface area contributed by atoms with Gasteiger partial charge in [0.2, 0.25) is 5.91 Å². The lowest BCUT2D eigenvalue weighted by Gasteiger charge is -2.45. The molecule has 1 aliphatic heterocycles. The van der Waals surface area contributed by atoms with E-state index < -0.39 is 17.1 Å². The Morgan fingerprint density at radius 1 is 1.29 bits per heavy atom. The van der Waals surface area contributed by atoms with Crippen LogP contribution >= 0.6 is 11.3 Å². The molecule has 3 N–H and O–H groups in total. The number of likely N-dealkylation sites (N-methyl/N-ethyl adjacent to an activating group) is 1. The maximum Gasteiger partial charge on any atom is 0.239 e. The van der Waals surface area contributed by atoms with Crippen molar-refractivity contribution in [2.75, 3.05) is 7.05 Å². The lowest BCUT2D eigenvalue weighted by atomic mass is 9.73. The van der Waals surface area contributed by atoms with Gasteiger partial charge < -0.3 is 10.4 Å². The van der Waals surface area contributed by atoms with E-state index in [1.165, 1.54) is 16.2 Å². The third kappa shape index (κ3) is 2.72. The highest BCUT2D eigenvalue weighted by Crippen LogP contribution is 2.45. The predicted octanol–water partition coefficient (Wildman–Crippen LogP) is 2.99. The van der Waals surface area contributed by atoms with Gasteiger partial charge in [-0.2, -0.15) is 5.26 Å². The van der Waals surface area contributed by atoms with Crippen molar-refractivity contribution in [3.8, 4) is 6.07 Å². The summed E-state index contributed by atoms with van der Waals surface area (Å²) in [7, 11) is 1.59. The fourth-order valence-electron chi connectivity index (χ4n) is 4.10.